The third-order valence-electron chi connectivity index (χ3n) is 2.11. The SMILES string of the molecule is COC(=O)C[C@@H](N)c1ccc(Br)c(F)c1O. The van der Waals surface area contributed by atoms with E-state index < -0.39 is 23.6 Å². The van der Waals surface area contributed by atoms with Crippen molar-refractivity contribution in [2.45, 2.75) is 12.5 Å². The van der Waals surface area contributed by atoms with Crippen LogP contribution >= 0.6 is 15.9 Å². The Morgan fingerprint density at radius 2 is 2.31 bits per heavy atom. The maximum atomic E-state index is 13.3. The standard InChI is InChI=1S/C10H11BrFNO3/c1-16-8(14)4-7(13)5-2-3-6(11)9(12)10(5)15/h2-3,7,15H,4,13H2,1H3/t7-/m1/s1. The first-order valence-electron chi connectivity index (χ1n) is 4.46. The molecule has 0 fully saturated rings. The highest BCUT2D eigenvalue weighted by Gasteiger charge is 2.19. The monoisotopic (exact) mass is 291 g/mol. The number of carbonyl (C=O) groups is 1. The summed E-state index contributed by atoms with van der Waals surface area (Å²) in [7, 11) is 1.23. The molecule has 88 valence electrons. The molecule has 0 radical (unpaired) electrons. The number of ether oxygens (including phenoxy) is 1. The van der Waals surface area contributed by atoms with Gasteiger partial charge in [0.25, 0.3) is 0 Å². The molecule has 1 rings (SSSR count). The number of esters is 1. The molecule has 0 aliphatic carbocycles. The zero-order valence-corrected chi connectivity index (χ0v) is 10.1. The molecule has 0 amide bonds. The smallest absolute Gasteiger partial charge is 0.307 e. The molecular weight excluding hydrogens is 281 g/mol. The normalized spacial score (nSPS) is 12.2. The third kappa shape index (κ3) is 2.70. The highest BCUT2D eigenvalue weighted by atomic mass is 79.9. The molecule has 1 atom stereocenters. The number of phenolic OH excluding ortho intramolecular Hbond substituents is 1. The van der Waals surface area contributed by atoms with Gasteiger partial charge in [-0.05, 0) is 22.0 Å². The highest BCUT2D eigenvalue weighted by molar-refractivity contribution is 9.10. The van der Waals surface area contributed by atoms with E-state index in [-0.39, 0.29) is 16.5 Å². The number of carbonyl (C=O) groups excluding carboxylic acids is 1. The van der Waals surface area contributed by atoms with Crippen molar-refractivity contribution in [3.8, 4) is 5.75 Å². The topological polar surface area (TPSA) is 72.5 Å². The fourth-order valence-corrected chi connectivity index (χ4v) is 1.55. The van der Waals surface area contributed by atoms with Gasteiger partial charge in [0.05, 0.1) is 18.0 Å². The Labute approximate surface area is 100 Å². The first kappa shape index (κ1) is 12.9. The second-order valence-electron chi connectivity index (χ2n) is 3.19. The quantitative estimate of drug-likeness (QED) is 0.834. The number of benzene rings is 1. The molecule has 0 aliphatic rings. The fourth-order valence-electron chi connectivity index (χ4n) is 1.23. The Bertz CT molecular complexity index is 411. The van der Waals surface area contributed by atoms with Crippen LogP contribution in [-0.4, -0.2) is 18.2 Å². The van der Waals surface area contributed by atoms with Crippen molar-refractivity contribution in [1.29, 1.82) is 0 Å². The third-order valence-corrected chi connectivity index (χ3v) is 2.73. The summed E-state index contributed by atoms with van der Waals surface area (Å²) in [5.41, 5.74) is 5.82. The van der Waals surface area contributed by atoms with Crippen molar-refractivity contribution in [2.24, 2.45) is 5.73 Å². The molecule has 16 heavy (non-hydrogen) atoms. The van der Waals surface area contributed by atoms with E-state index in [1.54, 1.807) is 0 Å². The molecule has 1 aromatic rings. The van der Waals surface area contributed by atoms with Gasteiger partial charge in [-0.3, -0.25) is 4.79 Å². The highest BCUT2D eigenvalue weighted by Crippen LogP contribution is 2.32. The lowest BCUT2D eigenvalue weighted by molar-refractivity contribution is -0.141. The molecule has 3 N–H and O–H groups in total. The molecule has 0 spiro atoms. The van der Waals surface area contributed by atoms with E-state index in [0.717, 1.165) is 0 Å². The molecule has 0 bridgehead atoms. The number of nitrogens with two attached hydrogens (primary N) is 1. The van der Waals surface area contributed by atoms with Crippen LogP contribution in [0.3, 0.4) is 0 Å². The van der Waals surface area contributed by atoms with E-state index in [0.29, 0.717) is 0 Å². The maximum absolute atomic E-state index is 13.3. The maximum Gasteiger partial charge on any atom is 0.307 e. The van der Waals surface area contributed by atoms with Gasteiger partial charge in [0.1, 0.15) is 0 Å². The summed E-state index contributed by atoms with van der Waals surface area (Å²) in [6.45, 7) is 0. The number of phenols is 1. The molecule has 0 unspecified atom stereocenters. The van der Waals surface area contributed by atoms with E-state index in [9.17, 15) is 14.3 Å². The minimum absolute atomic E-state index is 0.120. The molecule has 0 saturated heterocycles. The second-order valence-corrected chi connectivity index (χ2v) is 4.04. The van der Waals surface area contributed by atoms with Gasteiger partial charge in [-0.25, -0.2) is 4.39 Å². The summed E-state index contributed by atoms with van der Waals surface area (Å²) in [6, 6.07) is 2.08. The minimum atomic E-state index is -0.796. The van der Waals surface area contributed by atoms with Crippen LogP contribution in [0, 0.1) is 5.82 Å². The summed E-state index contributed by atoms with van der Waals surface area (Å²) in [6.07, 6.45) is -0.120. The van der Waals surface area contributed by atoms with Crippen LogP contribution in [0.15, 0.2) is 16.6 Å². The van der Waals surface area contributed by atoms with Gasteiger partial charge in [-0.2, -0.15) is 0 Å². The summed E-state index contributed by atoms with van der Waals surface area (Å²) < 4.78 is 17.9. The zero-order chi connectivity index (χ0) is 12.3. The average Bonchev–Trinajstić information content (AvgIpc) is 2.25. The van der Waals surface area contributed by atoms with Crippen molar-refractivity contribution >= 4 is 21.9 Å². The Hall–Kier alpha value is -1.14. The number of halogens is 2. The van der Waals surface area contributed by atoms with Gasteiger partial charge in [0.15, 0.2) is 11.6 Å². The van der Waals surface area contributed by atoms with Crippen LogP contribution in [0.5, 0.6) is 5.75 Å². The molecule has 4 nitrogen and oxygen atoms in total. The van der Waals surface area contributed by atoms with Crippen LogP contribution in [-0.2, 0) is 9.53 Å². The van der Waals surface area contributed by atoms with Crippen molar-refractivity contribution < 1.29 is 19.0 Å². The van der Waals surface area contributed by atoms with Crippen molar-refractivity contribution in [1.82, 2.24) is 0 Å². The number of rotatable bonds is 3. The van der Waals surface area contributed by atoms with Crippen molar-refractivity contribution in [2.75, 3.05) is 7.11 Å². The van der Waals surface area contributed by atoms with Gasteiger partial charge in [-0.1, -0.05) is 6.07 Å². The lowest BCUT2D eigenvalue weighted by atomic mass is 10.0. The van der Waals surface area contributed by atoms with E-state index in [2.05, 4.69) is 20.7 Å². The lowest BCUT2D eigenvalue weighted by Crippen LogP contribution is -2.16. The van der Waals surface area contributed by atoms with Gasteiger partial charge < -0.3 is 15.6 Å². The molecule has 0 saturated carbocycles. The Morgan fingerprint density at radius 1 is 1.69 bits per heavy atom. The van der Waals surface area contributed by atoms with E-state index in [1.807, 2.05) is 0 Å². The summed E-state index contributed by atoms with van der Waals surface area (Å²) in [4.78, 5) is 11.0. The van der Waals surface area contributed by atoms with Crippen LogP contribution in [0.2, 0.25) is 0 Å². The van der Waals surface area contributed by atoms with Gasteiger partial charge in [-0.15, -0.1) is 0 Å². The summed E-state index contributed by atoms with van der Waals surface area (Å²) in [5.74, 6) is -1.86. The van der Waals surface area contributed by atoms with Crippen LogP contribution < -0.4 is 5.73 Å². The van der Waals surface area contributed by atoms with Gasteiger partial charge in [0, 0.05) is 11.6 Å². The number of hydrogen-bond acceptors (Lipinski definition) is 4. The Balaban J connectivity index is 2.96. The van der Waals surface area contributed by atoms with Crippen molar-refractivity contribution in [3.05, 3.63) is 28.0 Å². The minimum Gasteiger partial charge on any atom is -0.505 e. The lowest BCUT2D eigenvalue weighted by Gasteiger charge is -2.13. The van der Waals surface area contributed by atoms with Gasteiger partial charge >= 0.3 is 5.97 Å². The molecule has 1 aromatic carbocycles. The largest absolute Gasteiger partial charge is 0.505 e. The van der Waals surface area contributed by atoms with Gasteiger partial charge in [0.2, 0.25) is 0 Å². The zero-order valence-electron chi connectivity index (χ0n) is 8.54. The van der Waals surface area contributed by atoms with Crippen LogP contribution in [0.1, 0.15) is 18.0 Å². The predicted octanol–water partition coefficient (Wildman–Crippen LogP) is 1.86. The fraction of sp³-hybridized carbons (Fsp3) is 0.300. The number of methoxy groups -OCH3 is 1. The molecule has 0 aliphatic heterocycles. The molecular formula is C10H11BrFNO3. The summed E-state index contributed by atoms with van der Waals surface area (Å²) in [5, 5.41) is 9.50. The molecule has 6 heteroatoms. The van der Waals surface area contributed by atoms with E-state index in [4.69, 9.17) is 5.73 Å². The van der Waals surface area contributed by atoms with E-state index >= 15 is 0 Å². The first-order valence-corrected chi connectivity index (χ1v) is 5.26. The average molecular weight is 292 g/mol. The van der Waals surface area contributed by atoms with Crippen LogP contribution in [0.4, 0.5) is 4.39 Å². The Morgan fingerprint density at radius 3 is 2.88 bits per heavy atom. The second kappa shape index (κ2) is 5.27. The van der Waals surface area contributed by atoms with Crippen molar-refractivity contribution in [3.63, 3.8) is 0 Å². The summed E-state index contributed by atoms with van der Waals surface area (Å²) >= 11 is 2.93. The van der Waals surface area contributed by atoms with E-state index in [1.165, 1.54) is 19.2 Å². The Kier molecular flexibility index (Phi) is 4.26. The molecule has 0 aromatic heterocycles. The molecule has 0 heterocycles. The number of aromatic hydroxyl groups is 1. The van der Waals surface area contributed by atoms with Crippen LogP contribution in [0.25, 0.3) is 0 Å². The predicted molar refractivity (Wildman–Crippen MR) is 59.3 cm³/mol. The number of hydrogen-bond donors (Lipinski definition) is 2. The first-order chi connectivity index (χ1) is 7.47.